The number of nitrogens with two attached hydrogens (primary N) is 1. The average Bonchev–Trinajstić information content (AvgIpc) is 2.95. The van der Waals surface area contributed by atoms with Gasteiger partial charge in [-0.3, -0.25) is 0 Å². The summed E-state index contributed by atoms with van der Waals surface area (Å²) >= 11 is 6.13. The minimum absolute atomic E-state index is 0.342. The van der Waals surface area contributed by atoms with Gasteiger partial charge in [0, 0.05) is 17.0 Å². The molecular weight excluding hydrogens is 250 g/mol. The van der Waals surface area contributed by atoms with E-state index < -0.39 is 0 Å². The molecule has 1 unspecified atom stereocenters. The van der Waals surface area contributed by atoms with E-state index in [0.29, 0.717) is 11.6 Å². The first kappa shape index (κ1) is 11.6. The normalized spacial score (nSPS) is 15.3. The Bertz CT molecular complexity index is 591. The van der Waals surface area contributed by atoms with Crippen molar-refractivity contribution in [3.05, 3.63) is 51.9 Å². The van der Waals surface area contributed by atoms with E-state index in [9.17, 15) is 0 Å². The molecule has 0 fully saturated rings. The van der Waals surface area contributed by atoms with Gasteiger partial charge in [-0.15, -0.1) is 0 Å². The van der Waals surface area contributed by atoms with Crippen LogP contribution < -0.4 is 10.5 Å². The highest BCUT2D eigenvalue weighted by Crippen LogP contribution is 2.38. The molecule has 2 N–H and O–H groups in total. The third kappa shape index (κ3) is 1.80. The lowest BCUT2D eigenvalue weighted by atomic mass is 9.99. The first-order chi connectivity index (χ1) is 8.66. The zero-order valence-corrected chi connectivity index (χ0v) is 10.8. The van der Waals surface area contributed by atoms with E-state index in [0.717, 1.165) is 34.6 Å². The molecule has 94 valence electrons. The lowest BCUT2D eigenvalue weighted by Gasteiger charge is -2.15. The summed E-state index contributed by atoms with van der Waals surface area (Å²) in [5.41, 5.74) is 9.33. The largest absolute Gasteiger partial charge is 0.493 e. The fourth-order valence-corrected chi connectivity index (χ4v) is 2.62. The van der Waals surface area contributed by atoms with Gasteiger partial charge < -0.3 is 14.9 Å². The van der Waals surface area contributed by atoms with Crippen molar-refractivity contribution >= 4 is 11.6 Å². The third-order valence-electron chi connectivity index (χ3n) is 3.30. The quantitative estimate of drug-likeness (QED) is 0.905. The van der Waals surface area contributed by atoms with E-state index in [1.54, 1.807) is 6.26 Å². The summed E-state index contributed by atoms with van der Waals surface area (Å²) in [5, 5.41) is 0.689. The van der Waals surface area contributed by atoms with Crippen LogP contribution >= 0.6 is 11.6 Å². The molecule has 1 aliphatic heterocycles. The highest BCUT2D eigenvalue weighted by Gasteiger charge is 2.24. The highest BCUT2D eigenvalue weighted by molar-refractivity contribution is 6.30. The zero-order chi connectivity index (χ0) is 12.7. The van der Waals surface area contributed by atoms with Gasteiger partial charge in [0.25, 0.3) is 0 Å². The number of rotatable bonds is 2. The van der Waals surface area contributed by atoms with Gasteiger partial charge in [-0.25, -0.2) is 0 Å². The summed E-state index contributed by atoms with van der Waals surface area (Å²) in [4.78, 5) is 0. The molecule has 0 saturated carbocycles. The number of furan rings is 1. The predicted molar refractivity (Wildman–Crippen MR) is 70.1 cm³/mol. The van der Waals surface area contributed by atoms with Gasteiger partial charge in [-0.1, -0.05) is 11.6 Å². The minimum atomic E-state index is -0.342. The van der Waals surface area contributed by atoms with Crippen molar-refractivity contribution in [1.29, 1.82) is 0 Å². The van der Waals surface area contributed by atoms with Crippen LogP contribution in [0.2, 0.25) is 5.02 Å². The molecule has 2 heterocycles. The molecule has 4 heteroatoms. The maximum atomic E-state index is 6.27. The van der Waals surface area contributed by atoms with E-state index in [-0.39, 0.29) is 6.04 Å². The van der Waals surface area contributed by atoms with Crippen molar-refractivity contribution in [2.75, 3.05) is 6.61 Å². The monoisotopic (exact) mass is 263 g/mol. The summed E-state index contributed by atoms with van der Waals surface area (Å²) in [6.45, 7) is 2.66. The minimum Gasteiger partial charge on any atom is -0.493 e. The fraction of sp³-hybridized carbons (Fsp3) is 0.286. The van der Waals surface area contributed by atoms with Crippen LogP contribution in [0, 0.1) is 6.92 Å². The fourth-order valence-electron chi connectivity index (χ4n) is 2.37. The van der Waals surface area contributed by atoms with Crippen LogP contribution in [0.25, 0.3) is 0 Å². The summed E-state index contributed by atoms with van der Waals surface area (Å²) in [5.74, 6) is 1.62. The maximum Gasteiger partial charge on any atom is 0.128 e. The number of hydrogen-bond acceptors (Lipinski definition) is 3. The Balaban J connectivity index is 2.10. The summed E-state index contributed by atoms with van der Waals surface area (Å²) < 4.78 is 11.1. The predicted octanol–water partition coefficient (Wildman–Crippen LogP) is 3.22. The second kappa shape index (κ2) is 4.34. The molecule has 0 spiro atoms. The van der Waals surface area contributed by atoms with E-state index in [1.165, 1.54) is 0 Å². The van der Waals surface area contributed by atoms with Crippen molar-refractivity contribution in [1.82, 2.24) is 0 Å². The van der Waals surface area contributed by atoms with E-state index >= 15 is 0 Å². The Morgan fingerprint density at radius 2 is 2.22 bits per heavy atom. The molecule has 2 aromatic rings. The summed E-state index contributed by atoms with van der Waals surface area (Å²) in [7, 11) is 0. The van der Waals surface area contributed by atoms with Gasteiger partial charge in [0.1, 0.15) is 11.5 Å². The second-order valence-electron chi connectivity index (χ2n) is 4.53. The van der Waals surface area contributed by atoms with Gasteiger partial charge in [0.05, 0.1) is 18.9 Å². The van der Waals surface area contributed by atoms with Gasteiger partial charge in [0.2, 0.25) is 0 Å². The Morgan fingerprint density at radius 3 is 2.94 bits per heavy atom. The average molecular weight is 264 g/mol. The number of halogens is 1. The molecule has 0 amide bonds. The first-order valence-electron chi connectivity index (χ1n) is 5.91. The maximum absolute atomic E-state index is 6.27. The molecule has 3 nitrogen and oxygen atoms in total. The van der Waals surface area contributed by atoms with Gasteiger partial charge in [-0.2, -0.15) is 0 Å². The first-order valence-corrected chi connectivity index (χ1v) is 6.29. The Kier molecular flexibility index (Phi) is 2.80. The number of benzene rings is 1. The second-order valence-corrected chi connectivity index (χ2v) is 4.96. The topological polar surface area (TPSA) is 48.4 Å². The molecule has 1 aliphatic rings. The summed E-state index contributed by atoms with van der Waals surface area (Å²) in [6.07, 6.45) is 2.53. The zero-order valence-electron chi connectivity index (χ0n) is 10.1. The van der Waals surface area contributed by atoms with Crippen molar-refractivity contribution in [2.24, 2.45) is 5.73 Å². The molecule has 0 aliphatic carbocycles. The molecule has 0 saturated heterocycles. The van der Waals surface area contributed by atoms with Crippen molar-refractivity contribution in [3.8, 4) is 5.75 Å². The van der Waals surface area contributed by atoms with Crippen LogP contribution in [-0.2, 0) is 6.42 Å². The Hall–Kier alpha value is -1.45. The van der Waals surface area contributed by atoms with Gasteiger partial charge >= 0.3 is 0 Å². The van der Waals surface area contributed by atoms with Crippen molar-refractivity contribution in [3.63, 3.8) is 0 Å². The number of ether oxygens (including phenoxy) is 1. The van der Waals surface area contributed by atoms with Crippen LogP contribution in [0.5, 0.6) is 5.75 Å². The number of fused-ring (bicyclic) bond motifs is 1. The molecule has 3 rings (SSSR count). The van der Waals surface area contributed by atoms with Gasteiger partial charge in [-0.05, 0) is 36.2 Å². The van der Waals surface area contributed by atoms with Crippen LogP contribution in [0.1, 0.15) is 28.5 Å². The molecule has 1 atom stereocenters. The molecule has 1 aromatic heterocycles. The Morgan fingerprint density at radius 1 is 1.39 bits per heavy atom. The molecular formula is C14H14ClNO2. The van der Waals surface area contributed by atoms with Crippen molar-refractivity contribution in [2.45, 2.75) is 19.4 Å². The van der Waals surface area contributed by atoms with Crippen LogP contribution in [0.15, 0.2) is 28.9 Å². The molecule has 0 bridgehead atoms. The SMILES string of the molecule is Cc1ccoc1C(N)c1cc(Cl)cc2c1OCC2. The molecule has 1 aromatic carbocycles. The van der Waals surface area contributed by atoms with Crippen molar-refractivity contribution < 1.29 is 9.15 Å². The summed E-state index contributed by atoms with van der Waals surface area (Å²) in [6, 6.07) is 5.36. The standard InChI is InChI=1S/C14H14ClNO2/c1-8-2-4-17-13(8)12(16)11-7-10(15)6-9-3-5-18-14(9)11/h2,4,6-7,12H,3,5,16H2,1H3. The van der Waals surface area contributed by atoms with Crippen LogP contribution in [-0.4, -0.2) is 6.61 Å². The van der Waals surface area contributed by atoms with Crippen LogP contribution in [0.3, 0.4) is 0 Å². The third-order valence-corrected chi connectivity index (χ3v) is 3.51. The lowest BCUT2D eigenvalue weighted by molar-refractivity contribution is 0.350. The van der Waals surface area contributed by atoms with E-state index in [1.807, 2.05) is 25.1 Å². The highest BCUT2D eigenvalue weighted by atomic mass is 35.5. The van der Waals surface area contributed by atoms with E-state index in [4.69, 9.17) is 26.5 Å². The smallest absolute Gasteiger partial charge is 0.128 e. The molecule has 18 heavy (non-hydrogen) atoms. The van der Waals surface area contributed by atoms with Gasteiger partial charge in [0.15, 0.2) is 0 Å². The van der Waals surface area contributed by atoms with E-state index in [2.05, 4.69) is 0 Å². The Labute approximate surface area is 110 Å². The number of aryl methyl sites for hydroxylation is 1. The lowest BCUT2D eigenvalue weighted by Crippen LogP contribution is -2.13. The van der Waals surface area contributed by atoms with Crippen LogP contribution in [0.4, 0.5) is 0 Å². The molecule has 0 radical (unpaired) electrons. The number of hydrogen-bond donors (Lipinski definition) is 1.